The van der Waals surface area contributed by atoms with Crippen molar-refractivity contribution in [3.63, 3.8) is 0 Å². The number of nitrogens with zero attached hydrogens (tertiary/aromatic N) is 2. The van der Waals surface area contributed by atoms with E-state index in [2.05, 4.69) is 56.6 Å². The van der Waals surface area contributed by atoms with Crippen molar-refractivity contribution < 1.29 is 13.2 Å². The van der Waals surface area contributed by atoms with Crippen LogP contribution in [-0.2, 0) is 16.6 Å². The molecule has 2 heterocycles. The van der Waals surface area contributed by atoms with Crippen LogP contribution in [0, 0.1) is 17.3 Å². The highest BCUT2D eigenvalue weighted by atomic mass is 32.2. The molecule has 0 atom stereocenters. The van der Waals surface area contributed by atoms with Gasteiger partial charge in [-0.15, -0.1) is 22.7 Å². The fourth-order valence-electron chi connectivity index (χ4n) is 3.39. The third-order valence-electron chi connectivity index (χ3n) is 5.45. The van der Waals surface area contributed by atoms with Crippen LogP contribution < -0.4 is 4.74 Å². The van der Waals surface area contributed by atoms with Crippen LogP contribution in [0.1, 0.15) is 33.3 Å². The monoisotopic (exact) mass is 556 g/mol. The predicted octanol–water partition coefficient (Wildman–Crippen LogP) is 6.60. The van der Waals surface area contributed by atoms with E-state index in [1.165, 1.54) is 15.6 Å². The second-order valence-electron chi connectivity index (χ2n) is 9.67. The van der Waals surface area contributed by atoms with Gasteiger partial charge in [0.15, 0.2) is 0 Å². The second-order valence-corrected chi connectivity index (χ2v) is 14.0. The average Bonchev–Trinajstić information content (AvgIpc) is 3.55. The molecule has 3 aromatic rings. The molecule has 5 nitrogen and oxygen atoms in total. The van der Waals surface area contributed by atoms with Crippen LogP contribution in [0.15, 0.2) is 70.3 Å². The summed E-state index contributed by atoms with van der Waals surface area (Å²) in [5.74, 6) is 7.06. The lowest BCUT2D eigenvalue weighted by Gasteiger charge is -2.19. The number of benzene rings is 1. The Morgan fingerprint density at radius 2 is 1.89 bits per heavy atom. The standard InChI is InChI=1S/C29H36N2O3S3/c1-6-31(18-9-7-8-17-29(2,3)4)23-24-12-10-13-25(22-24)34-20-19-30(5)37(32,33)28-16-15-27(36-28)26-14-11-21-35-26/h7,9-16,21-22H,6,18-20,23H2,1-5H3/b9-7+. The molecule has 3 rings (SSSR count). The molecule has 0 radical (unpaired) electrons. The highest BCUT2D eigenvalue weighted by molar-refractivity contribution is 7.91. The Balaban J connectivity index is 1.51. The van der Waals surface area contributed by atoms with Crippen LogP contribution in [0.3, 0.4) is 0 Å². The van der Waals surface area contributed by atoms with Crippen LogP contribution in [-0.4, -0.2) is 50.9 Å². The normalized spacial score (nSPS) is 12.3. The number of hydrogen-bond donors (Lipinski definition) is 0. The predicted molar refractivity (Wildman–Crippen MR) is 157 cm³/mol. The van der Waals surface area contributed by atoms with Crippen molar-refractivity contribution >= 4 is 32.7 Å². The minimum absolute atomic E-state index is 0.00583. The molecule has 2 aromatic heterocycles. The average molecular weight is 557 g/mol. The Kier molecular flexibility index (Phi) is 10.6. The third-order valence-corrected chi connectivity index (χ3v) is 9.92. The Labute approximate surface area is 230 Å². The second kappa shape index (κ2) is 13.4. The van der Waals surface area contributed by atoms with E-state index < -0.39 is 10.0 Å². The molecule has 0 saturated carbocycles. The summed E-state index contributed by atoms with van der Waals surface area (Å²) in [6.45, 7) is 11.5. The molecule has 0 aliphatic rings. The van der Waals surface area contributed by atoms with Crippen molar-refractivity contribution in [2.45, 2.75) is 38.4 Å². The van der Waals surface area contributed by atoms with Crippen LogP contribution in [0.4, 0.5) is 0 Å². The van der Waals surface area contributed by atoms with Gasteiger partial charge in [-0.2, -0.15) is 4.31 Å². The van der Waals surface area contributed by atoms with E-state index in [4.69, 9.17) is 4.74 Å². The first-order chi connectivity index (χ1) is 17.6. The van der Waals surface area contributed by atoms with Gasteiger partial charge in [0.1, 0.15) is 16.6 Å². The maximum absolute atomic E-state index is 13.0. The molecule has 0 unspecified atom stereocenters. The molecule has 198 valence electrons. The summed E-state index contributed by atoms with van der Waals surface area (Å²) in [4.78, 5) is 4.36. The molecular formula is C29H36N2O3S3. The zero-order valence-corrected chi connectivity index (χ0v) is 24.7. The molecule has 0 saturated heterocycles. The smallest absolute Gasteiger partial charge is 0.252 e. The molecule has 37 heavy (non-hydrogen) atoms. The highest BCUT2D eigenvalue weighted by Crippen LogP contribution is 2.34. The lowest BCUT2D eigenvalue weighted by atomic mass is 9.98. The molecule has 0 N–H and O–H groups in total. The summed E-state index contributed by atoms with van der Waals surface area (Å²) in [5, 5.41) is 1.99. The third kappa shape index (κ3) is 9.13. The Hall–Kier alpha value is -2.41. The van der Waals surface area contributed by atoms with E-state index in [1.807, 2.05) is 47.9 Å². The number of sulfonamides is 1. The Morgan fingerprint density at radius 1 is 1.08 bits per heavy atom. The number of rotatable bonds is 12. The van der Waals surface area contributed by atoms with Gasteiger partial charge in [-0.1, -0.05) is 43.0 Å². The molecule has 0 spiro atoms. The van der Waals surface area contributed by atoms with E-state index in [9.17, 15) is 8.42 Å². The number of hydrogen-bond acceptors (Lipinski definition) is 6. The number of thiophene rings is 2. The lowest BCUT2D eigenvalue weighted by molar-refractivity contribution is 0.284. The maximum atomic E-state index is 13.0. The first kappa shape index (κ1) is 29.2. The summed E-state index contributed by atoms with van der Waals surface area (Å²) in [5.41, 5.74) is 1.15. The Bertz CT molecular complexity index is 1320. The van der Waals surface area contributed by atoms with Crippen LogP contribution in [0.2, 0.25) is 0 Å². The van der Waals surface area contributed by atoms with Crippen molar-refractivity contribution in [2.24, 2.45) is 5.41 Å². The van der Waals surface area contributed by atoms with Crippen LogP contribution in [0.25, 0.3) is 9.75 Å². The van der Waals surface area contributed by atoms with Crippen LogP contribution in [0.5, 0.6) is 5.75 Å². The molecule has 0 aliphatic heterocycles. The van der Waals surface area contributed by atoms with Gasteiger partial charge in [0, 0.05) is 41.9 Å². The fourth-order valence-corrected chi connectivity index (χ4v) is 6.90. The number of ether oxygens (including phenoxy) is 1. The van der Waals surface area contributed by atoms with Crippen molar-refractivity contribution in [2.75, 3.05) is 33.3 Å². The van der Waals surface area contributed by atoms with E-state index in [0.29, 0.717) is 4.21 Å². The van der Waals surface area contributed by atoms with Gasteiger partial charge >= 0.3 is 0 Å². The summed E-state index contributed by atoms with van der Waals surface area (Å²) in [6.07, 6.45) is 4.02. The SMILES string of the molecule is CCN(C/C=C/C#CC(C)(C)C)Cc1cccc(OCCN(C)S(=O)(=O)c2ccc(-c3cccs3)s2)c1. The summed E-state index contributed by atoms with van der Waals surface area (Å²) < 4.78 is 33.6. The van der Waals surface area contributed by atoms with E-state index in [1.54, 1.807) is 24.5 Å². The first-order valence-corrected chi connectivity index (χ1v) is 15.4. The van der Waals surface area contributed by atoms with Crippen LogP contribution >= 0.6 is 22.7 Å². The topological polar surface area (TPSA) is 49.9 Å². The number of allylic oxidation sites excluding steroid dienone is 1. The van der Waals surface area contributed by atoms with Gasteiger partial charge in [0.05, 0.1) is 0 Å². The zero-order chi connectivity index (χ0) is 26.9. The van der Waals surface area contributed by atoms with Gasteiger partial charge in [-0.3, -0.25) is 4.90 Å². The fraction of sp³-hybridized carbons (Fsp3) is 0.379. The molecule has 0 bridgehead atoms. The largest absolute Gasteiger partial charge is 0.492 e. The minimum Gasteiger partial charge on any atom is -0.492 e. The molecular weight excluding hydrogens is 521 g/mol. The van der Waals surface area contributed by atoms with Crippen molar-refractivity contribution in [3.8, 4) is 27.3 Å². The maximum Gasteiger partial charge on any atom is 0.252 e. The van der Waals surface area contributed by atoms with E-state index >= 15 is 0 Å². The summed E-state index contributed by atoms with van der Waals surface area (Å²) in [7, 11) is -1.96. The molecule has 0 aliphatic carbocycles. The summed E-state index contributed by atoms with van der Waals surface area (Å²) >= 11 is 2.90. The summed E-state index contributed by atoms with van der Waals surface area (Å²) in [6, 6.07) is 15.5. The van der Waals surface area contributed by atoms with Gasteiger partial charge < -0.3 is 4.74 Å². The molecule has 1 aromatic carbocycles. The van der Waals surface area contributed by atoms with Gasteiger partial charge in [-0.25, -0.2) is 8.42 Å². The van der Waals surface area contributed by atoms with Crippen molar-refractivity contribution in [1.82, 2.24) is 9.21 Å². The van der Waals surface area contributed by atoms with E-state index in [0.717, 1.165) is 40.7 Å². The quantitative estimate of drug-likeness (QED) is 0.236. The Morgan fingerprint density at radius 3 is 2.59 bits per heavy atom. The minimum atomic E-state index is -3.56. The van der Waals surface area contributed by atoms with Gasteiger partial charge in [0.25, 0.3) is 10.0 Å². The van der Waals surface area contributed by atoms with Crippen molar-refractivity contribution in [1.29, 1.82) is 0 Å². The van der Waals surface area contributed by atoms with Crippen molar-refractivity contribution in [3.05, 3.63) is 71.6 Å². The van der Waals surface area contributed by atoms with Gasteiger partial charge in [-0.05, 0) is 74.7 Å². The lowest BCUT2D eigenvalue weighted by Crippen LogP contribution is -2.30. The number of likely N-dealkylation sites (N-methyl/N-ethyl adjacent to an activating group) is 2. The van der Waals surface area contributed by atoms with Gasteiger partial charge in [0.2, 0.25) is 0 Å². The molecule has 0 amide bonds. The van der Waals surface area contributed by atoms with E-state index in [-0.39, 0.29) is 18.6 Å². The molecule has 8 heteroatoms. The molecule has 0 fully saturated rings. The first-order valence-electron chi connectivity index (χ1n) is 12.3. The highest BCUT2D eigenvalue weighted by Gasteiger charge is 2.23. The zero-order valence-electron chi connectivity index (χ0n) is 22.2.